The number of hydrogen-bond acceptors (Lipinski definition) is 5. The summed E-state index contributed by atoms with van der Waals surface area (Å²) in [5, 5.41) is 0. The second kappa shape index (κ2) is 7.35. The van der Waals surface area contributed by atoms with Gasteiger partial charge in [-0.25, -0.2) is 0 Å². The number of carbonyl (C=O) groups is 2. The van der Waals surface area contributed by atoms with Crippen LogP contribution in [0.5, 0.6) is 0 Å². The first-order valence-electron chi connectivity index (χ1n) is 9.34. The third-order valence-electron chi connectivity index (χ3n) is 6.35. The summed E-state index contributed by atoms with van der Waals surface area (Å²) in [5.41, 5.74) is 1.10. The van der Waals surface area contributed by atoms with E-state index in [4.69, 9.17) is 4.74 Å². The molecule has 2 aliphatic rings. The maximum atomic E-state index is 12.5. The number of carbonyl (C=O) groups excluding carboxylic acids is 2. The summed E-state index contributed by atoms with van der Waals surface area (Å²) < 4.78 is 4.70. The Labute approximate surface area is 155 Å². The fourth-order valence-corrected chi connectivity index (χ4v) is 4.61. The monoisotopic (exact) mass is 359 g/mol. The molecule has 3 rings (SSSR count). The number of aromatic nitrogens is 1. The fourth-order valence-electron chi connectivity index (χ4n) is 4.61. The van der Waals surface area contributed by atoms with Crippen LogP contribution in [-0.4, -0.2) is 61.0 Å². The average molecular weight is 359 g/mol. The molecule has 142 valence electrons. The lowest BCUT2D eigenvalue weighted by molar-refractivity contribution is -0.141. The number of esters is 1. The summed E-state index contributed by atoms with van der Waals surface area (Å²) in [5.74, 6) is -0.0896. The molecule has 0 aromatic carbocycles. The van der Waals surface area contributed by atoms with Crippen molar-refractivity contribution in [2.45, 2.75) is 44.1 Å². The molecule has 0 N–H and O–H groups in total. The summed E-state index contributed by atoms with van der Waals surface area (Å²) in [6.07, 6.45) is 6.72. The van der Waals surface area contributed by atoms with E-state index in [0.717, 1.165) is 37.9 Å². The molecule has 0 atom stereocenters. The van der Waals surface area contributed by atoms with Crippen LogP contribution in [0.2, 0.25) is 0 Å². The third kappa shape index (κ3) is 3.47. The Balaban J connectivity index is 1.69. The van der Waals surface area contributed by atoms with Gasteiger partial charge in [-0.05, 0) is 57.3 Å². The second-order valence-corrected chi connectivity index (χ2v) is 7.96. The van der Waals surface area contributed by atoms with Gasteiger partial charge in [-0.2, -0.15) is 0 Å². The summed E-state index contributed by atoms with van der Waals surface area (Å²) >= 11 is 0. The summed E-state index contributed by atoms with van der Waals surface area (Å²) in [4.78, 5) is 32.6. The number of amides is 1. The van der Waals surface area contributed by atoms with Crippen molar-refractivity contribution in [3.8, 4) is 0 Å². The minimum absolute atomic E-state index is 0.0431. The van der Waals surface area contributed by atoms with E-state index in [-0.39, 0.29) is 29.3 Å². The van der Waals surface area contributed by atoms with E-state index in [0.29, 0.717) is 13.0 Å². The zero-order valence-electron chi connectivity index (χ0n) is 16.0. The normalized spacial score (nSPS) is 28.8. The Morgan fingerprint density at radius 1 is 1.27 bits per heavy atom. The highest BCUT2D eigenvalue weighted by molar-refractivity contribution is 5.80. The molecule has 1 spiro atoms. The lowest BCUT2D eigenvalue weighted by atomic mass is 9.65. The molecular weight excluding hydrogens is 330 g/mol. The number of nitrogens with zero attached hydrogens (tertiary/aromatic N) is 3. The maximum absolute atomic E-state index is 12.5. The van der Waals surface area contributed by atoms with Crippen molar-refractivity contribution in [3.63, 3.8) is 0 Å². The van der Waals surface area contributed by atoms with Gasteiger partial charge in [0, 0.05) is 25.7 Å². The van der Waals surface area contributed by atoms with E-state index in [1.165, 1.54) is 7.11 Å². The lowest BCUT2D eigenvalue weighted by Gasteiger charge is -2.48. The lowest BCUT2D eigenvalue weighted by Crippen LogP contribution is -2.48. The number of likely N-dealkylation sites (tertiary alicyclic amines) is 1. The number of pyridine rings is 1. The summed E-state index contributed by atoms with van der Waals surface area (Å²) in [6, 6.07) is 6.11. The zero-order chi connectivity index (χ0) is 18.8. The van der Waals surface area contributed by atoms with Gasteiger partial charge in [-0.1, -0.05) is 6.07 Å². The van der Waals surface area contributed by atoms with Crippen LogP contribution in [0.4, 0.5) is 0 Å². The molecule has 1 aliphatic heterocycles. The van der Waals surface area contributed by atoms with Crippen molar-refractivity contribution < 1.29 is 14.3 Å². The largest absolute Gasteiger partial charge is 0.469 e. The van der Waals surface area contributed by atoms with E-state index >= 15 is 0 Å². The molecule has 0 bridgehead atoms. The van der Waals surface area contributed by atoms with Crippen molar-refractivity contribution in [2.24, 2.45) is 5.41 Å². The molecule has 0 radical (unpaired) electrons. The van der Waals surface area contributed by atoms with E-state index < -0.39 is 0 Å². The zero-order valence-corrected chi connectivity index (χ0v) is 16.0. The van der Waals surface area contributed by atoms with Gasteiger partial charge in [0.05, 0.1) is 24.8 Å². The van der Waals surface area contributed by atoms with Gasteiger partial charge in [-0.3, -0.25) is 19.5 Å². The predicted molar refractivity (Wildman–Crippen MR) is 98.3 cm³/mol. The van der Waals surface area contributed by atoms with Crippen molar-refractivity contribution in [1.82, 2.24) is 14.8 Å². The molecule has 0 unspecified atom stereocenters. The SMILES string of the molecule is COC(=O)CCN1C[C@]2(CC[C@](c3ccccn3)(N(C)C)CC2)CC1=O. The molecule has 26 heavy (non-hydrogen) atoms. The highest BCUT2D eigenvalue weighted by Gasteiger charge is 2.50. The van der Waals surface area contributed by atoms with Gasteiger partial charge in [0.2, 0.25) is 5.91 Å². The van der Waals surface area contributed by atoms with Crippen LogP contribution in [0, 0.1) is 5.41 Å². The van der Waals surface area contributed by atoms with Crippen molar-refractivity contribution in [3.05, 3.63) is 30.1 Å². The number of rotatable bonds is 5. The van der Waals surface area contributed by atoms with Crippen LogP contribution >= 0.6 is 0 Å². The van der Waals surface area contributed by atoms with Gasteiger partial charge in [0.15, 0.2) is 0 Å². The summed E-state index contributed by atoms with van der Waals surface area (Å²) in [7, 11) is 5.62. The fraction of sp³-hybridized carbons (Fsp3) is 0.650. The minimum Gasteiger partial charge on any atom is -0.469 e. The standard InChI is InChI=1S/C20H29N3O3/c1-22(2)20(16-6-4-5-12-21-16)10-8-19(9-11-20)14-17(24)23(15-19)13-7-18(25)26-3/h4-6,12H,7-11,13-15H2,1-3H3/t19-,20-. The molecule has 1 aliphatic carbocycles. The molecule has 1 saturated carbocycles. The van der Waals surface area contributed by atoms with Crippen LogP contribution < -0.4 is 0 Å². The molecule has 2 heterocycles. The smallest absolute Gasteiger partial charge is 0.307 e. The van der Waals surface area contributed by atoms with E-state index in [9.17, 15) is 9.59 Å². The second-order valence-electron chi connectivity index (χ2n) is 7.96. The van der Waals surface area contributed by atoms with Gasteiger partial charge in [-0.15, -0.1) is 0 Å². The topological polar surface area (TPSA) is 62.7 Å². The molecule has 1 aromatic heterocycles. The van der Waals surface area contributed by atoms with Crippen LogP contribution in [0.1, 0.15) is 44.2 Å². The first-order chi connectivity index (χ1) is 12.4. The Bertz CT molecular complexity index is 652. The Kier molecular flexibility index (Phi) is 5.32. The number of hydrogen-bond donors (Lipinski definition) is 0. The molecule has 2 fully saturated rings. The highest BCUT2D eigenvalue weighted by atomic mass is 16.5. The highest BCUT2D eigenvalue weighted by Crippen LogP contribution is 2.51. The molecule has 1 amide bonds. The average Bonchev–Trinajstić information content (AvgIpc) is 2.96. The molecule has 1 aromatic rings. The third-order valence-corrected chi connectivity index (χ3v) is 6.35. The van der Waals surface area contributed by atoms with E-state index in [2.05, 4.69) is 30.0 Å². The molecular formula is C20H29N3O3. The van der Waals surface area contributed by atoms with Gasteiger partial charge in [0.1, 0.15) is 0 Å². The first kappa shape index (κ1) is 18.8. The van der Waals surface area contributed by atoms with Gasteiger partial charge in [0.25, 0.3) is 0 Å². The van der Waals surface area contributed by atoms with Gasteiger partial charge < -0.3 is 9.64 Å². The Morgan fingerprint density at radius 3 is 2.58 bits per heavy atom. The van der Waals surface area contributed by atoms with E-state index in [1.807, 2.05) is 23.2 Å². The summed E-state index contributed by atoms with van der Waals surface area (Å²) in [6.45, 7) is 1.22. The number of methoxy groups -OCH3 is 1. The molecule has 1 saturated heterocycles. The Morgan fingerprint density at radius 2 is 2.00 bits per heavy atom. The van der Waals surface area contributed by atoms with Crippen LogP contribution in [0.15, 0.2) is 24.4 Å². The van der Waals surface area contributed by atoms with Crippen LogP contribution in [0.3, 0.4) is 0 Å². The van der Waals surface area contributed by atoms with Crippen molar-refractivity contribution >= 4 is 11.9 Å². The van der Waals surface area contributed by atoms with Crippen molar-refractivity contribution in [2.75, 3.05) is 34.3 Å². The predicted octanol–water partition coefficient (Wildman–Crippen LogP) is 2.19. The van der Waals surface area contributed by atoms with Crippen LogP contribution in [0.25, 0.3) is 0 Å². The maximum Gasteiger partial charge on any atom is 0.307 e. The van der Waals surface area contributed by atoms with Crippen molar-refractivity contribution in [1.29, 1.82) is 0 Å². The Hall–Kier alpha value is -1.95. The van der Waals surface area contributed by atoms with Crippen LogP contribution in [-0.2, 0) is 19.9 Å². The quantitative estimate of drug-likeness (QED) is 0.754. The van der Waals surface area contributed by atoms with Gasteiger partial charge >= 0.3 is 5.97 Å². The first-order valence-corrected chi connectivity index (χ1v) is 9.34. The molecule has 6 nitrogen and oxygen atoms in total. The van der Waals surface area contributed by atoms with E-state index in [1.54, 1.807) is 0 Å². The number of ether oxygens (including phenoxy) is 1. The minimum atomic E-state index is -0.260. The molecule has 6 heteroatoms.